The molecule has 116 valence electrons. The monoisotopic (exact) mass is 292 g/mol. The second-order valence-corrected chi connectivity index (χ2v) is 5.93. The smallest absolute Gasteiger partial charge is 0.227 e. The first-order valence-corrected chi connectivity index (χ1v) is 7.76. The van der Waals surface area contributed by atoms with Crippen LogP contribution in [0, 0.1) is 13.8 Å². The maximum absolute atomic E-state index is 9.94. The lowest BCUT2D eigenvalue weighted by molar-refractivity contribution is 0.0597. The van der Waals surface area contributed by atoms with Gasteiger partial charge in [-0.25, -0.2) is 4.98 Å². The van der Waals surface area contributed by atoms with Gasteiger partial charge in [-0.1, -0.05) is 0 Å². The number of aryl methyl sites for hydroxylation is 1. The molecule has 0 spiro atoms. The number of aliphatic hydroxyl groups is 1. The summed E-state index contributed by atoms with van der Waals surface area (Å²) >= 11 is 0. The van der Waals surface area contributed by atoms with Crippen molar-refractivity contribution in [1.82, 2.24) is 9.97 Å². The Morgan fingerprint density at radius 1 is 1.10 bits per heavy atom. The van der Waals surface area contributed by atoms with Gasteiger partial charge in [-0.3, -0.25) is 0 Å². The van der Waals surface area contributed by atoms with E-state index in [-0.39, 0.29) is 0 Å². The van der Waals surface area contributed by atoms with Crippen LogP contribution in [0.3, 0.4) is 0 Å². The highest BCUT2D eigenvalue weighted by Crippen LogP contribution is 2.25. The second kappa shape index (κ2) is 6.15. The van der Waals surface area contributed by atoms with E-state index in [0.29, 0.717) is 19.8 Å². The fraction of sp³-hybridized carbons (Fsp3) is 0.733. The summed E-state index contributed by atoms with van der Waals surface area (Å²) in [7, 11) is 0. The molecule has 2 fully saturated rings. The van der Waals surface area contributed by atoms with Crippen LogP contribution < -0.4 is 9.80 Å². The molecule has 0 bridgehead atoms. The molecule has 3 heterocycles. The van der Waals surface area contributed by atoms with Gasteiger partial charge < -0.3 is 19.6 Å². The van der Waals surface area contributed by atoms with Crippen LogP contribution in [0.25, 0.3) is 0 Å². The molecule has 1 aromatic rings. The Labute approximate surface area is 125 Å². The van der Waals surface area contributed by atoms with E-state index in [1.165, 1.54) is 12.8 Å². The summed E-state index contributed by atoms with van der Waals surface area (Å²) < 4.78 is 5.41. The summed E-state index contributed by atoms with van der Waals surface area (Å²) in [6.45, 7) is 8.50. The first kappa shape index (κ1) is 14.5. The van der Waals surface area contributed by atoms with Crippen LogP contribution >= 0.6 is 0 Å². The van der Waals surface area contributed by atoms with E-state index < -0.39 is 6.10 Å². The molecule has 6 nitrogen and oxygen atoms in total. The summed E-state index contributed by atoms with van der Waals surface area (Å²) in [4.78, 5) is 13.8. The van der Waals surface area contributed by atoms with E-state index in [1.807, 2.05) is 6.92 Å². The van der Waals surface area contributed by atoms with Crippen molar-refractivity contribution in [3.05, 3.63) is 11.3 Å². The van der Waals surface area contributed by atoms with Crippen LogP contribution in [0.5, 0.6) is 0 Å². The molecule has 1 atom stereocenters. The van der Waals surface area contributed by atoms with Gasteiger partial charge in [0.05, 0.1) is 19.3 Å². The average Bonchev–Trinajstić information content (AvgIpc) is 2.91. The highest BCUT2D eigenvalue weighted by molar-refractivity contribution is 5.53. The number of rotatable bonds is 2. The molecule has 2 saturated heterocycles. The maximum Gasteiger partial charge on any atom is 0.227 e. The Kier molecular flexibility index (Phi) is 4.26. The van der Waals surface area contributed by atoms with Gasteiger partial charge in [0, 0.05) is 37.4 Å². The summed E-state index contributed by atoms with van der Waals surface area (Å²) in [5, 5.41) is 9.94. The molecule has 21 heavy (non-hydrogen) atoms. The number of nitrogens with zero attached hydrogens (tertiary/aromatic N) is 4. The van der Waals surface area contributed by atoms with Gasteiger partial charge in [-0.15, -0.1) is 0 Å². The first-order chi connectivity index (χ1) is 10.1. The Hall–Kier alpha value is -1.40. The minimum absolute atomic E-state index is 0.401. The van der Waals surface area contributed by atoms with Crippen molar-refractivity contribution in [2.24, 2.45) is 0 Å². The molecular weight excluding hydrogens is 268 g/mol. The zero-order valence-corrected chi connectivity index (χ0v) is 12.9. The van der Waals surface area contributed by atoms with Crippen molar-refractivity contribution in [2.45, 2.75) is 32.8 Å². The Morgan fingerprint density at radius 2 is 1.86 bits per heavy atom. The third-order valence-corrected chi connectivity index (χ3v) is 4.29. The van der Waals surface area contributed by atoms with Crippen LogP contribution in [-0.4, -0.2) is 60.6 Å². The van der Waals surface area contributed by atoms with E-state index in [4.69, 9.17) is 9.72 Å². The number of aromatic nitrogens is 2. The Balaban J connectivity index is 1.92. The minimum atomic E-state index is -0.461. The number of ether oxygens (including phenoxy) is 1. The third kappa shape index (κ3) is 3.11. The average molecular weight is 292 g/mol. The van der Waals surface area contributed by atoms with Crippen LogP contribution in [0.4, 0.5) is 11.8 Å². The quantitative estimate of drug-likeness (QED) is 0.873. The van der Waals surface area contributed by atoms with E-state index in [2.05, 4.69) is 21.7 Å². The van der Waals surface area contributed by atoms with Gasteiger partial charge in [-0.2, -0.15) is 4.98 Å². The molecule has 1 aromatic heterocycles. The highest BCUT2D eigenvalue weighted by Gasteiger charge is 2.23. The largest absolute Gasteiger partial charge is 0.389 e. The van der Waals surface area contributed by atoms with Crippen molar-refractivity contribution < 1.29 is 9.84 Å². The zero-order valence-electron chi connectivity index (χ0n) is 12.9. The van der Waals surface area contributed by atoms with Crippen molar-refractivity contribution in [3.8, 4) is 0 Å². The van der Waals surface area contributed by atoms with Crippen LogP contribution in [0.1, 0.15) is 24.1 Å². The first-order valence-electron chi connectivity index (χ1n) is 7.76. The molecule has 0 radical (unpaired) electrons. The van der Waals surface area contributed by atoms with Crippen molar-refractivity contribution in [3.63, 3.8) is 0 Å². The molecule has 0 amide bonds. The lowest BCUT2D eigenvalue weighted by Gasteiger charge is -2.26. The molecule has 1 N–H and O–H groups in total. The predicted molar refractivity (Wildman–Crippen MR) is 82.0 cm³/mol. The lowest BCUT2D eigenvalue weighted by Crippen LogP contribution is -2.34. The van der Waals surface area contributed by atoms with Crippen molar-refractivity contribution in [2.75, 3.05) is 49.2 Å². The molecule has 0 unspecified atom stereocenters. The Morgan fingerprint density at radius 3 is 2.62 bits per heavy atom. The molecule has 0 aromatic carbocycles. The van der Waals surface area contributed by atoms with Crippen LogP contribution in [-0.2, 0) is 4.74 Å². The number of β-amino-alcohol motifs (C(OH)–C–C–N with tert-alkyl or cyclic N) is 1. The molecule has 0 aliphatic carbocycles. The fourth-order valence-electron chi connectivity index (χ4n) is 2.95. The van der Waals surface area contributed by atoms with Gasteiger partial charge in [0.25, 0.3) is 0 Å². The number of anilines is 2. The zero-order chi connectivity index (χ0) is 14.8. The number of hydrogen-bond donors (Lipinski definition) is 1. The van der Waals surface area contributed by atoms with Crippen molar-refractivity contribution in [1.29, 1.82) is 0 Å². The molecule has 2 aliphatic rings. The fourth-order valence-corrected chi connectivity index (χ4v) is 2.95. The van der Waals surface area contributed by atoms with Gasteiger partial charge in [0.2, 0.25) is 5.95 Å². The number of hydrogen-bond acceptors (Lipinski definition) is 6. The second-order valence-electron chi connectivity index (χ2n) is 5.93. The highest BCUT2D eigenvalue weighted by atomic mass is 16.5. The number of aliphatic hydroxyl groups excluding tert-OH is 1. The predicted octanol–water partition coefficient (Wildman–Crippen LogP) is 0.891. The SMILES string of the molecule is Cc1nc(N2CCCC2)nc(N2CCOC[C@@H](O)C2)c1C. The summed E-state index contributed by atoms with van der Waals surface area (Å²) in [6.07, 6.45) is 1.96. The summed E-state index contributed by atoms with van der Waals surface area (Å²) in [5.41, 5.74) is 2.11. The van der Waals surface area contributed by atoms with Crippen LogP contribution in [0.15, 0.2) is 0 Å². The van der Waals surface area contributed by atoms with Gasteiger partial charge in [0.1, 0.15) is 5.82 Å². The van der Waals surface area contributed by atoms with E-state index in [1.54, 1.807) is 0 Å². The van der Waals surface area contributed by atoms with E-state index in [9.17, 15) is 5.11 Å². The molecule has 2 aliphatic heterocycles. The van der Waals surface area contributed by atoms with Gasteiger partial charge in [0.15, 0.2) is 0 Å². The summed E-state index contributed by atoms with van der Waals surface area (Å²) in [6, 6.07) is 0. The van der Waals surface area contributed by atoms with Gasteiger partial charge in [-0.05, 0) is 26.7 Å². The topological polar surface area (TPSA) is 61.7 Å². The standard InChI is InChI=1S/C15H24N4O2/c1-11-12(2)16-15(18-5-3-4-6-18)17-14(11)19-7-8-21-10-13(20)9-19/h13,20H,3-10H2,1-2H3/t13-/m0/s1. The minimum Gasteiger partial charge on any atom is -0.389 e. The molecule has 0 saturated carbocycles. The maximum atomic E-state index is 9.94. The van der Waals surface area contributed by atoms with E-state index in [0.717, 1.165) is 42.7 Å². The lowest BCUT2D eigenvalue weighted by atomic mass is 10.2. The van der Waals surface area contributed by atoms with Crippen LogP contribution in [0.2, 0.25) is 0 Å². The third-order valence-electron chi connectivity index (χ3n) is 4.29. The summed E-state index contributed by atoms with van der Waals surface area (Å²) in [5.74, 6) is 1.76. The molecule has 6 heteroatoms. The van der Waals surface area contributed by atoms with Gasteiger partial charge >= 0.3 is 0 Å². The van der Waals surface area contributed by atoms with E-state index >= 15 is 0 Å². The normalized spacial score (nSPS) is 23.5. The Bertz CT molecular complexity index is 503. The van der Waals surface area contributed by atoms with Crippen molar-refractivity contribution >= 4 is 11.8 Å². The molecule has 3 rings (SSSR count). The molecular formula is C15H24N4O2.